The van der Waals surface area contributed by atoms with E-state index in [0.29, 0.717) is 13.1 Å². The molecule has 28 heavy (non-hydrogen) atoms. The molecule has 0 aromatic heterocycles. The number of hydrogen-bond acceptors (Lipinski definition) is 5. The molecule has 0 unspecified atom stereocenters. The first-order valence-corrected chi connectivity index (χ1v) is 9.52. The Morgan fingerprint density at radius 2 is 1.36 bits per heavy atom. The maximum Gasteiger partial charge on any atom is 0.407 e. The van der Waals surface area contributed by atoms with E-state index >= 15 is 0 Å². The first-order valence-electron chi connectivity index (χ1n) is 8.46. The topological polar surface area (TPSA) is 105 Å². The molecule has 156 valence electrons. The average Bonchev–Trinajstić information content (AvgIpc) is 2.62. The van der Waals surface area contributed by atoms with Crippen LogP contribution in [-0.4, -0.2) is 27.2 Å². The zero-order valence-corrected chi connectivity index (χ0v) is 17.8. The minimum absolute atomic E-state index is 0.194. The number of alkyl halides is 2. The van der Waals surface area contributed by atoms with Crippen molar-refractivity contribution in [3.8, 4) is 11.5 Å². The number of aromatic hydroxyl groups is 2. The van der Waals surface area contributed by atoms with Crippen molar-refractivity contribution in [2.45, 2.75) is 39.5 Å². The van der Waals surface area contributed by atoms with Crippen LogP contribution in [0.2, 0.25) is 0 Å². The van der Waals surface area contributed by atoms with Crippen molar-refractivity contribution in [1.82, 2.24) is 5.32 Å². The average molecular weight is 431 g/mol. The Hall–Kier alpha value is -2.15. The highest BCUT2D eigenvalue weighted by molar-refractivity contribution is 6.40. The van der Waals surface area contributed by atoms with Crippen LogP contribution in [0.4, 0.5) is 4.79 Å². The molecule has 0 radical (unpaired) electrons. The van der Waals surface area contributed by atoms with Gasteiger partial charge in [0.1, 0.15) is 17.1 Å². The Morgan fingerprint density at radius 1 is 0.964 bits per heavy atom. The number of phenols is 2. The summed E-state index contributed by atoms with van der Waals surface area (Å²) in [5, 5.41) is 20.7. The predicted octanol–water partition coefficient (Wildman–Crippen LogP) is 4.69. The van der Waals surface area contributed by atoms with Crippen molar-refractivity contribution in [3.63, 3.8) is 0 Å². The van der Waals surface area contributed by atoms with Crippen molar-refractivity contribution in [3.05, 3.63) is 59.7 Å². The van der Waals surface area contributed by atoms with Crippen LogP contribution >= 0.6 is 23.2 Å². The molecular weight excluding hydrogens is 403 g/mol. The monoisotopic (exact) mass is 430 g/mol. The van der Waals surface area contributed by atoms with Gasteiger partial charge in [-0.15, -0.1) is 23.2 Å². The molecule has 0 fully saturated rings. The normalized spacial score (nSPS) is 9.93. The van der Waals surface area contributed by atoms with Crippen LogP contribution < -0.4 is 11.1 Å². The molecule has 0 heterocycles. The van der Waals surface area contributed by atoms with E-state index in [1.165, 1.54) is 0 Å². The van der Waals surface area contributed by atoms with Gasteiger partial charge in [-0.2, -0.15) is 0 Å². The van der Waals surface area contributed by atoms with Crippen LogP contribution in [0.15, 0.2) is 48.5 Å². The van der Waals surface area contributed by atoms with Gasteiger partial charge in [0.15, 0.2) is 0 Å². The van der Waals surface area contributed by atoms with Gasteiger partial charge in [0.25, 0.3) is 0 Å². The molecule has 2 aromatic carbocycles. The Balaban J connectivity index is 0.000000509. The number of rotatable bonds is 3. The summed E-state index contributed by atoms with van der Waals surface area (Å²) >= 11 is 9.53. The Morgan fingerprint density at radius 3 is 1.71 bits per heavy atom. The van der Waals surface area contributed by atoms with Crippen LogP contribution in [0.3, 0.4) is 0 Å². The number of nitrogens with one attached hydrogen (secondary N) is 1. The summed E-state index contributed by atoms with van der Waals surface area (Å²) in [7, 11) is 0. The lowest BCUT2D eigenvalue weighted by Gasteiger charge is -2.19. The molecule has 1 amide bonds. The second-order valence-corrected chi connectivity index (χ2v) is 7.30. The molecule has 5 N–H and O–H groups in total. The minimum Gasteiger partial charge on any atom is -0.508 e. The number of carbonyl (C=O) groups excluding carboxylic acids is 1. The second kappa shape index (κ2) is 13.9. The van der Waals surface area contributed by atoms with Gasteiger partial charge < -0.3 is 26.0 Å². The SMILES string of the molecule is CC(C)(C)OC(=O)NCc1ccc(O)cc1.ClCCl.NCc1ccc(O)cc1. The van der Waals surface area contributed by atoms with Crippen molar-refractivity contribution in [2.24, 2.45) is 5.73 Å². The maximum atomic E-state index is 11.3. The third-order valence-electron chi connectivity index (χ3n) is 2.94. The number of carbonyl (C=O) groups is 1. The lowest BCUT2D eigenvalue weighted by Crippen LogP contribution is -2.32. The Kier molecular flexibility index (Phi) is 12.9. The number of phenolic OH excluding ortho intramolecular Hbond substituents is 2. The number of benzene rings is 2. The van der Waals surface area contributed by atoms with Crippen molar-refractivity contribution in [2.75, 3.05) is 5.34 Å². The van der Waals surface area contributed by atoms with Gasteiger partial charge >= 0.3 is 6.09 Å². The predicted molar refractivity (Wildman–Crippen MR) is 114 cm³/mol. The van der Waals surface area contributed by atoms with Crippen LogP contribution in [-0.2, 0) is 17.8 Å². The fourth-order valence-electron chi connectivity index (χ4n) is 1.73. The number of amides is 1. The smallest absolute Gasteiger partial charge is 0.407 e. The van der Waals surface area contributed by atoms with Gasteiger partial charge in [0, 0.05) is 13.1 Å². The van der Waals surface area contributed by atoms with E-state index in [-0.39, 0.29) is 16.8 Å². The Labute approximate surface area is 176 Å². The van der Waals surface area contributed by atoms with E-state index in [0.717, 1.165) is 11.1 Å². The van der Waals surface area contributed by atoms with E-state index in [9.17, 15) is 4.79 Å². The van der Waals surface area contributed by atoms with Crippen LogP contribution in [0.1, 0.15) is 31.9 Å². The lowest BCUT2D eigenvalue weighted by molar-refractivity contribution is 0.0523. The van der Waals surface area contributed by atoms with Crippen LogP contribution in [0.25, 0.3) is 0 Å². The Bertz CT molecular complexity index is 672. The van der Waals surface area contributed by atoms with Gasteiger partial charge in [0.2, 0.25) is 0 Å². The molecule has 0 atom stereocenters. The molecule has 0 bridgehead atoms. The molecule has 2 aromatic rings. The van der Waals surface area contributed by atoms with Gasteiger partial charge in [-0.3, -0.25) is 0 Å². The fraction of sp³-hybridized carbons (Fsp3) is 0.350. The zero-order valence-electron chi connectivity index (χ0n) is 16.3. The summed E-state index contributed by atoms with van der Waals surface area (Å²) in [6.45, 7) is 6.35. The molecule has 0 aliphatic rings. The van der Waals surface area contributed by atoms with Crippen LogP contribution in [0, 0.1) is 0 Å². The number of halogens is 2. The molecule has 2 rings (SSSR count). The summed E-state index contributed by atoms with van der Waals surface area (Å²) in [6.07, 6.45) is -0.444. The van der Waals surface area contributed by atoms with E-state index in [1.54, 1.807) is 48.5 Å². The summed E-state index contributed by atoms with van der Waals surface area (Å²) in [4.78, 5) is 11.3. The van der Waals surface area contributed by atoms with Gasteiger partial charge in [-0.05, 0) is 56.2 Å². The first kappa shape index (κ1) is 25.9. The van der Waals surface area contributed by atoms with Crippen molar-refractivity contribution >= 4 is 29.3 Å². The van der Waals surface area contributed by atoms with E-state index < -0.39 is 11.7 Å². The minimum atomic E-state index is -0.487. The molecule has 8 heteroatoms. The lowest BCUT2D eigenvalue weighted by atomic mass is 10.2. The summed E-state index contributed by atoms with van der Waals surface area (Å²) in [5.41, 5.74) is 6.77. The number of nitrogens with two attached hydrogens (primary N) is 1. The summed E-state index contributed by atoms with van der Waals surface area (Å²) < 4.78 is 5.08. The quantitative estimate of drug-likeness (QED) is 0.528. The first-order chi connectivity index (χ1) is 13.1. The highest BCUT2D eigenvalue weighted by Crippen LogP contribution is 2.10. The highest BCUT2D eigenvalue weighted by Gasteiger charge is 2.15. The van der Waals surface area contributed by atoms with Gasteiger partial charge in [-0.1, -0.05) is 24.3 Å². The van der Waals surface area contributed by atoms with Gasteiger partial charge in [-0.25, -0.2) is 4.79 Å². The molecule has 6 nitrogen and oxygen atoms in total. The van der Waals surface area contributed by atoms with E-state index in [2.05, 4.69) is 5.32 Å². The standard InChI is InChI=1S/C12H17NO3.C7H9NO.CH2Cl2/c1-12(2,3)16-11(15)13-8-9-4-6-10(14)7-5-9;8-5-6-1-3-7(9)4-2-6;2-1-3/h4-7,14H,8H2,1-3H3,(H,13,15);1-4,9H,5,8H2;1H2. The third-order valence-corrected chi connectivity index (χ3v) is 2.94. The van der Waals surface area contributed by atoms with E-state index in [1.807, 2.05) is 20.8 Å². The molecule has 0 spiro atoms. The summed E-state index contributed by atoms with van der Waals surface area (Å²) in [5.74, 6) is 0.494. The molecule has 0 saturated heterocycles. The maximum absolute atomic E-state index is 11.3. The third kappa shape index (κ3) is 14.0. The van der Waals surface area contributed by atoms with Gasteiger partial charge in [0.05, 0.1) is 5.34 Å². The molecule has 0 aliphatic carbocycles. The number of hydrogen-bond donors (Lipinski definition) is 4. The zero-order chi connectivity index (χ0) is 21.6. The van der Waals surface area contributed by atoms with Crippen LogP contribution in [0.5, 0.6) is 11.5 Å². The van der Waals surface area contributed by atoms with Crippen molar-refractivity contribution < 1.29 is 19.7 Å². The second-order valence-electron chi connectivity index (χ2n) is 6.49. The fourth-order valence-corrected chi connectivity index (χ4v) is 1.73. The molecule has 0 aliphatic heterocycles. The highest BCUT2D eigenvalue weighted by atomic mass is 35.5. The van der Waals surface area contributed by atoms with Crippen molar-refractivity contribution in [1.29, 1.82) is 0 Å². The summed E-state index contributed by atoms with van der Waals surface area (Å²) in [6, 6.07) is 13.5. The molecular formula is C20H28Cl2N2O4. The number of alkyl carbamates (subject to hydrolysis) is 1. The molecule has 0 saturated carbocycles. The number of ether oxygens (including phenoxy) is 1. The van der Waals surface area contributed by atoms with E-state index in [4.69, 9.17) is 43.9 Å². The largest absolute Gasteiger partial charge is 0.508 e.